The van der Waals surface area contributed by atoms with Gasteiger partial charge in [-0.25, -0.2) is 0 Å². The van der Waals surface area contributed by atoms with Crippen LogP contribution in [0.25, 0.3) is 110 Å². The van der Waals surface area contributed by atoms with E-state index in [1.807, 2.05) is 133 Å². The standard InChI is InChI=1S/C50H30O2/c1-2-12-38-37(11-1)47(33-27-23-31(24-28-33)35-17-9-21-45-49(35)41-15-5-7-19-43(41)51-45)39-13-3-4-14-40(39)48(38)34-29-25-32(26-30-34)36-18-10-22-46-50(36)42-16-6-8-20-44(42)52-46/h1-30H/i1D,2D,3D,4D,11D,12D,13D,14D. The lowest BCUT2D eigenvalue weighted by Crippen LogP contribution is -1.91. The Kier molecular flexibility index (Phi) is 4.79. The van der Waals surface area contributed by atoms with Gasteiger partial charge in [0.25, 0.3) is 0 Å². The largest absolute Gasteiger partial charge is 0.456 e. The van der Waals surface area contributed by atoms with Gasteiger partial charge >= 0.3 is 0 Å². The van der Waals surface area contributed by atoms with Crippen molar-refractivity contribution in [3.63, 3.8) is 0 Å². The van der Waals surface area contributed by atoms with Crippen LogP contribution in [-0.2, 0) is 0 Å². The SMILES string of the molecule is [2H]c1c([2H])c([2H])c2c(-c3ccc(-c4cccc5oc6ccccc6c45)cc3)c3c([2H])c([2H])c([2H])c([2H])c3c(-c3ccc(-c4cccc5oc6ccccc6c45)cc3)c2c1[2H]. The molecule has 242 valence electrons. The molecule has 2 nitrogen and oxygen atoms in total. The van der Waals surface area contributed by atoms with E-state index in [-0.39, 0.29) is 45.7 Å². The first kappa shape index (κ1) is 22.0. The zero-order chi connectivity index (χ0) is 41.1. The molecular weight excluding hydrogens is 633 g/mol. The second-order valence-electron chi connectivity index (χ2n) is 13.0. The minimum Gasteiger partial charge on any atom is -0.456 e. The third-order valence-electron chi connectivity index (χ3n) is 10.1. The minimum atomic E-state index is -0.439. The number of para-hydroxylation sites is 2. The molecule has 0 saturated heterocycles. The van der Waals surface area contributed by atoms with E-state index in [0.29, 0.717) is 22.3 Å². The highest BCUT2D eigenvalue weighted by Crippen LogP contribution is 2.45. The van der Waals surface area contributed by atoms with Crippen LogP contribution in [-0.4, -0.2) is 0 Å². The van der Waals surface area contributed by atoms with Crippen LogP contribution in [0.5, 0.6) is 0 Å². The molecule has 0 fully saturated rings. The fraction of sp³-hybridized carbons (Fsp3) is 0. The predicted molar refractivity (Wildman–Crippen MR) is 218 cm³/mol. The first-order valence-electron chi connectivity index (χ1n) is 21.1. The molecule has 2 aromatic heterocycles. The van der Waals surface area contributed by atoms with Crippen molar-refractivity contribution in [2.75, 3.05) is 0 Å². The van der Waals surface area contributed by atoms with Crippen LogP contribution in [0.4, 0.5) is 0 Å². The number of benzene rings is 9. The van der Waals surface area contributed by atoms with Gasteiger partial charge in [0.1, 0.15) is 22.3 Å². The van der Waals surface area contributed by atoms with Crippen LogP contribution in [0, 0.1) is 0 Å². The third kappa shape index (κ3) is 4.31. The highest BCUT2D eigenvalue weighted by molar-refractivity contribution is 6.22. The Labute approximate surface area is 311 Å². The van der Waals surface area contributed by atoms with Gasteiger partial charge in [-0.1, -0.05) is 158 Å². The fourth-order valence-electron chi connectivity index (χ4n) is 7.87. The molecule has 11 rings (SSSR count). The van der Waals surface area contributed by atoms with Gasteiger partial charge in [0.05, 0.1) is 11.0 Å². The summed E-state index contributed by atoms with van der Waals surface area (Å²) in [5, 5.41) is 4.56. The molecule has 11 aromatic rings. The molecule has 0 radical (unpaired) electrons. The molecule has 9 aromatic carbocycles. The van der Waals surface area contributed by atoms with E-state index in [4.69, 9.17) is 14.3 Å². The second-order valence-corrected chi connectivity index (χ2v) is 13.0. The van der Waals surface area contributed by atoms with E-state index in [1.54, 1.807) is 0 Å². The van der Waals surface area contributed by atoms with Crippen LogP contribution in [0.2, 0.25) is 0 Å². The Hall–Kier alpha value is -6.90. The van der Waals surface area contributed by atoms with Crippen molar-refractivity contribution in [2.45, 2.75) is 0 Å². The molecule has 0 N–H and O–H groups in total. The maximum absolute atomic E-state index is 9.37. The first-order chi connectivity index (χ1) is 29.1. The number of furan rings is 2. The molecule has 0 atom stereocenters. The Bertz CT molecular complexity index is 3300. The lowest BCUT2D eigenvalue weighted by molar-refractivity contribution is 0.668. The van der Waals surface area contributed by atoms with E-state index in [1.165, 1.54) is 0 Å². The monoisotopic (exact) mass is 670 g/mol. The molecule has 0 unspecified atom stereocenters. The minimum absolute atomic E-state index is 0.169. The maximum Gasteiger partial charge on any atom is 0.136 e. The molecule has 0 amide bonds. The molecule has 2 heterocycles. The quantitative estimate of drug-likeness (QED) is 0.174. The van der Waals surface area contributed by atoms with Crippen molar-refractivity contribution in [2.24, 2.45) is 0 Å². The van der Waals surface area contributed by atoms with Crippen LogP contribution in [0.3, 0.4) is 0 Å². The molecule has 2 heteroatoms. The molecule has 0 spiro atoms. The fourth-order valence-corrected chi connectivity index (χ4v) is 7.87. The number of hydrogen-bond acceptors (Lipinski definition) is 2. The molecule has 0 saturated carbocycles. The van der Waals surface area contributed by atoms with Gasteiger partial charge in [-0.3, -0.25) is 0 Å². The molecule has 0 aliphatic heterocycles. The Balaban J connectivity index is 1.18. The highest BCUT2D eigenvalue weighted by Gasteiger charge is 2.18. The lowest BCUT2D eigenvalue weighted by atomic mass is 9.85. The summed E-state index contributed by atoms with van der Waals surface area (Å²) in [6.07, 6.45) is 0. The summed E-state index contributed by atoms with van der Waals surface area (Å²) in [6.45, 7) is 0. The zero-order valence-corrected chi connectivity index (χ0v) is 27.5. The van der Waals surface area contributed by atoms with Crippen LogP contribution < -0.4 is 0 Å². The maximum atomic E-state index is 9.37. The molecule has 52 heavy (non-hydrogen) atoms. The summed E-state index contributed by atoms with van der Waals surface area (Å²) < 4.78 is 85.1. The van der Waals surface area contributed by atoms with E-state index in [0.717, 1.165) is 66.1 Å². The van der Waals surface area contributed by atoms with Gasteiger partial charge in [-0.05, 0) is 90.3 Å². The Morgan fingerprint density at radius 2 is 0.654 bits per heavy atom. The van der Waals surface area contributed by atoms with Crippen LogP contribution in [0.15, 0.2) is 191 Å². The van der Waals surface area contributed by atoms with Crippen molar-refractivity contribution in [3.8, 4) is 44.5 Å². The zero-order valence-electron chi connectivity index (χ0n) is 35.5. The van der Waals surface area contributed by atoms with Gasteiger partial charge in [0.15, 0.2) is 0 Å². The second kappa shape index (κ2) is 11.3. The normalized spacial score (nSPS) is 14.0. The molecular formula is C50H30O2. The third-order valence-corrected chi connectivity index (χ3v) is 10.1. The average Bonchev–Trinajstić information content (AvgIpc) is 3.87. The van der Waals surface area contributed by atoms with Gasteiger partial charge in [-0.15, -0.1) is 0 Å². The van der Waals surface area contributed by atoms with Gasteiger partial charge in [-0.2, -0.15) is 0 Å². The summed E-state index contributed by atoms with van der Waals surface area (Å²) >= 11 is 0. The van der Waals surface area contributed by atoms with Gasteiger partial charge in [0.2, 0.25) is 0 Å². The molecule has 0 aliphatic carbocycles. The van der Waals surface area contributed by atoms with Gasteiger partial charge < -0.3 is 8.83 Å². The lowest BCUT2D eigenvalue weighted by Gasteiger charge is -2.18. The van der Waals surface area contributed by atoms with Crippen molar-refractivity contribution in [3.05, 3.63) is 182 Å². The topological polar surface area (TPSA) is 26.3 Å². The van der Waals surface area contributed by atoms with Crippen molar-refractivity contribution in [1.29, 1.82) is 0 Å². The summed E-state index contributed by atoms with van der Waals surface area (Å²) in [6, 6.07) is 39.7. The van der Waals surface area contributed by atoms with Crippen LogP contribution >= 0.6 is 0 Å². The van der Waals surface area contributed by atoms with E-state index >= 15 is 0 Å². The van der Waals surface area contributed by atoms with E-state index in [2.05, 4.69) is 0 Å². The summed E-state index contributed by atoms with van der Waals surface area (Å²) in [5.74, 6) is 0. The summed E-state index contributed by atoms with van der Waals surface area (Å²) in [5.41, 5.74) is 8.37. The van der Waals surface area contributed by atoms with E-state index < -0.39 is 24.2 Å². The summed E-state index contributed by atoms with van der Waals surface area (Å²) in [4.78, 5) is 0. The molecule has 0 bridgehead atoms. The first-order valence-corrected chi connectivity index (χ1v) is 17.1. The van der Waals surface area contributed by atoms with E-state index in [9.17, 15) is 5.48 Å². The van der Waals surface area contributed by atoms with Crippen molar-refractivity contribution in [1.82, 2.24) is 0 Å². The number of hydrogen-bond donors (Lipinski definition) is 0. The van der Waals surface area contributed by atoms with Crippen molar-refractivity contribution < 1.29 is 19.8 Å². The van der Waals surface area contributed by atoms with Gasteiger partial charge in [0, 0.05) is 21.5 Å². The Morgan fingerprint density at radius 3 is 1.06 bits per heavy atom. The number of fused-ring (bicyclic) bond motifs is 8. The summed E-state index contributed by atoms with van der Waals surface area (Å²) in [7, 11) is 0. The predicted octanol–water partition coefficient (Wildman–Crippen LogP) is 14.5. The highest BCUT2D eigenvalue weighted by atomic mass is 16.3. The van der Waals surface area contributed by atoms with Crippen LogP contribution in [0.1, 0.15) is 11.0 Å². The van der Waals surface area contributed by atoms with Crippen molar-refractivity contribution >= 4 is 65.4 Å². The molecule has 0 aliphatic rings. The average molecular weight is 671 g/mol. The Morgan fingerprint density at radius 1 is 0.308 bits per heavy atom. The number of rotatable bonds is 4. The smallest absolute Gasteiger partial charge is 0.136 e.